The quantitative estimate of drug-likeness (QED) is 0.335. The number of carbonyl (C=O) groups excluding carboxylic acids is 2. The molecule has 1 unspecified atom stereocenters. The zero-order chi connectivity index (χ0) is 28.8. The lowest BCUT2D eigenvalue weighted by atomic mass is 9.76. The summed E-state index contributed by atoms with van der Waals surface area (Å²) in [5.74, 6) is -1.23. The standard InChI is InChI=1S/C34H37N3O4/c1-24(2)29(31(39)40)36-21-19-33(32(36)41)18-20-35(23-33)30(38)28-22-37(28)34(25-12-6-3-7-13-25,26-14-8-4-9-15-26)27-16-10-5-11-17-27/h3-17,24,28-29H,18-23H2,1-2H3,(H,39,40)/t28-,29+,33-,37?/m1/s1. The molecular formula is C34H37N3O4. The third-order valence-corrected chi connectivity index (χ3v) is 9.33. The molecule has 2 amide bonds. The van der Waals surface area contributed by atoms with Crippen LogP contribution in [0.3, 0.4) is 0 Å². The lowest BCUT2D eigenvalue weighted by Gasteiger charge is -2.38. The van der Waals surface area contributed by atoms with Crippen LogP contribution < -0.4 is 0 Å². The molecule has 0 aromatic heterocycles. The second kappa shape index (κ2) is 10.5. The molecule has 212 valence electrons. The minimum Gasteiger partial charge on any atom is -0.480 e. The predicted octanol–water partition coefficient (Wildman–Crippen LogP) is 4.22. The Morgan fingerprint density at radius 2 is 1.32 bits per heavy atom. The van der Waals surface area contributed by atoms with E-state index in [0.29, 0.717) is 39.0 Å². The average molecular weight is 552 g/mol. The summed E-state index contributed by atoms with van der Waals surface area (Å²) in [4.78, 5) is 45.4. The molecule has 7 heteroatoms. The number of hydrogen-bond donors (Lipinski definition) is 1. The molecule has 7 nitrogen and oxygen atoms in total. The van der Waals surface area contributed by atoms with Gasteiger partial charge in [0.05, 0.1) is 11.0 Å². The lowest BCUT2D eigenvalue weighted by Crippen LogP contribution is -2.48. The number of carbonyl (C=O) groups is 3. The fourth-order valence-electron chi connectivity index (χ4n) is 7.30. The van der Waals surface area contributed by atoms with Crippen LogP contribution in [0.4, 0.5) is 0 Å². The highest BCUT2D eigenvalue weighted by Gasteiger charge is 2.59. The first-order chi connectivity index (χ1) is 19.8. The number of carboxylic acids is 1. The molecule has 3 aliphatic rings. The summed E-state index contributed by atoms with van der Waals surface area (Å²) in [6.07, 6.45) is 1.16. The number of likely N-dealkylation sites (tertiary alicyclic amines) is 2. The SMILES string of the molecule is CC(C)[C@@H](C(=O)O)N1CC[C@@]2(CCN(C(=O)[C@H]3CN3C(c3ccccc3)(c3ccccc3)c3ccccc3)C2)C1=O. The number of rotatable bonds is 8. The van der Waals surface area contributed by atoms with E-state index in [1.165, 1.54) is 4.90 Å². The zero-order valence-electron chi connectivity index (χ0n) is 23.6. The van der Waals surface area contributed by atoms with Gasteiger partial charge < -0.3 is 14.9 Å². The first kappa shape index (κ1) is 27.2. The van der Waals surface area contributed by atoms with Crippen LogP contribution in [-0.2, 0) is 19.9 Å². The molecule has 3 aliphatic heterocycles. The van der Waals surface area contributed by atoms with Crippen LogP contribution in [0.5, 0.6) is 0 Å². The molecule has 1 N–H and O–H groups in total. The maximum atomic E-state index is 14.1. The van der Waals surface area contributed by atoms with Crippen LogP contribution in [-0.4, -0.2) is 75.9 Å². The highest BCUT2D eigenvalue weighted by Crippen LogP contribution is 2.49. The van der Waals surface area contributed by atoms with Gasteiger partial charge in [-0.2, -0.15) is 0 Å². The van der Waals surface area contributed by atoms with Crippen molar-refractivity contribution in [1.29, 1.82) is 0 Å². The van der Waals surface area contributed by atoms with E-state index in [4.69, 9.17) is 0 Å². The van der Waals surface area contributed by atoms with Crippen LogP contribution in [0.25, 0.3) is 0 Å². The van der Waals surface area contributed by atoms with Crippen molar-refractivity contribution in [2.75, 3.05) is 26.2 Å². The van der Waals surface area contributed by atoms with E-state index in [2.05, 4.69) is 41.3 Å². The van der Waals surface area contributed by atoms with Gasteiger partial charge in [-0.1, -0.05) is 105 Å². The molecule has 3 saturated heterocycles. The van der Waals surface area contributed by atoms with Crippen LogP contribution in [0, 0.1) is 11.3 Å². The summed E-state index contributed by atoms with van der Waals surface area (Å²) in [5.41, 5.74) is 1.96. The lowest BCUT2D eigenvalue weighted by molar-refractivity contribution is -0.152. The fourth-order valence-corrected chi connectivity index (χ4v) is 7.30. The van der Waals surface area contributed by atoms with Crippen molar-refractivity contribution in [2.45, 2.75) is 44.3 Å². The van der Waals surface area contributed by atoms with Gasteiger partial charge in [0.25, 0.3) is 0 Å². The summed E-state index contributed by atoms with van der Waals surface area (Å²) < 4.78 is 0. The first-order valence-corrected chi connectivity index (χ1v) is 14.6. The molecule has 3 fully saturated rings. The first-order valence-electron chi connectivity index (χ1n) is 14.6. The molecule has 41 heavy (non-hydrogen) atoms. The van der Waals surface area contributed by atoms with Gasteiger partial charge in [-0.05, 0) is 35.4 Å². The Kier molecular flexibility index (Phi) is 6.94. The number of benzene rings is 3. The molecule has 0 aliphatic carbocycles. The van der Waals surface area contributed by atoms with Crippen molar-refractivity contribution < 1.29 is 19.5 Å². The Bertz CT molecular complexity index is 1330. The van der Waals surface area contributed by atoms with Gasteiger partial charge in [-0.25, -0.2) is 4.79 Å². The van der Waals surface area contributed by atoms with Gasteiger partial charge >= 0.3 is 5.97 Å². The van der Waals surface area contributed by atoms with Gasteiger partial charge in [0.2, 0.25) is 11.8 Å². The Morgan fingerprint density at radius 3 is 1.78 bits per heavy atom. The smallest absolute Gasteiger partial charge is 0.326 e. The molecule has 3 heterocycles. The minimum atomic E-state index is -0.968. The Labute approximate surface area is 241 Å². The summed E-state index contributed by atoms with van der Waals surface area (Å²) in [6, 6.07) is 29.9. The molecule has 3 aromatic rings. The van der Waals surface area contributed by atoms with Crippen molar-refractivity contribution in [3.05, 3.63) is 108 Å². The minimum absolute atomic E-state index is 0.0407. The molecule has 0 saturated carbocycles. The predicted molar refractivity (Wildman–Crippen MR) is 156 cm³/mol. The summed E-state index contributed by atoms with van der Waals surface area (Å²) in [5, 5.41) is 9.80. The van der Waals surface area contributed by atoms with Crippen molar-refractivity contribution in [2.24, 2.45) is 11.3 Å². The third-order valence-electron chi connectivity index (χ3n) is 9.33. The zero-order valence-corrected chi connectivity index (χ0v) is 23.6. The topological polar surface area (TPSA) is 80.9 Å². The van der Waals surface area contributed by atoms with E-state index in [-0.39, 0.29) is 23.8 Å². The van der Waals surface area contributed by atoms with Crippen LogP contribution >= 0.6 is 0 Å². The van der Waals surface area contributed by atoms with Gasteiger partial charge in [-0.15, -0.1) is 0 Å². The molecule has 3 aromatic carbocycles. The Hall–Kier alpha value is -3.97. The average Bonchev–Trinajstić information content (AvgIpc) is 3.57. The van der Waals surface area contributed by atoms with Gasteiger partial charge in [-0.3, -0.25) is 14.5 Å². The van der Waals surface area contributed by atoms with Crippen LogP contribution in [0.1, 0.15) is 43.4 Å². The molecule has 0 bridgehead atoms. The molecular weight excluding hydrogens is 514 g/mol. The number of nitrogens with zero attached hydrogens (tertiary/aromatic N) is 3. The Balaban J connectivity index is 1.29. The van der Waals surface area contributed by atoms with Crippen LogP contribution in [0.15, 0.2) is 91.0 Å². The van der Waals surface area contributed by atoms with Crippen LogP contribution in [0.2, 0.25) is 0 Å². The molecule has 4 atom stereocenters. The third kappa shape index (κ3) is 4.43. The molecule has 1 spiro atoms. The number of amides is 2. The number of carboxylic acid groups (broad SMARTS) is 1. The van der Waals surface area contributed by atoms with Gasteiger partial charge in [0.15, 0.2) is 0 Å². The molecule has 6 rings (SSSR count). The van der Waals surface area contributed by atoms with E-state index in [1.807, 2.05) is 73.3 Å². The second-order valence-corrected chi connectivity index (χ2v) is 12.0. The van der Waals surface area contributed by atoms with Gasteiger partial charge in [0.1, 0.15) is 12.1 Å². The summed E-state index contributed by atoms with van der Waals surface area (Å²) in [6.45, 7) is 5.56. The molecule has 0 radical (unpaired) electrons. The van der Waals surface area contributed by atoms with Gasteiger partial charge in [0, 0.05) is 26.2 Å². The number of hydrogen-bond acceptors (Lipinski definition) is 4. The van der Waals surface area contributed by atoms with Crippen molar-refractivity contribution in [3.8, 4) is 0 Å². The van der Waals surface area contributed by atoms with E-state index in [1.54, 1.807) is 0 Å². The highest BCUT2D eigenvalue weighted by molar-refractivity contribution is 5.92. The summed E-state index contributed by atoms with van der Waals surface area (Å²) in [7, 11) is 0. The van der Waals surface area contributed by atoms with Crippen molar-refractivity contribution >= 4 is 17.8 Å². The Morgan fingerprint density at radius 1 is 0.829 bits per heavy atom. The second-order valence-electron chi connectivity index (χ2n) is 12.0. The van der Waals surface area contributed by atoms with E-state index < -0.39 is 23.0 Å². The highest BCUT2D eigenvalue weighted by atomic mass is 16.4. The van der Waals surface area contributed by atoms with Crippen molar-refractivity contribution in [1.82, 2.24) is 14.7 Å². The van der Waals surface area contributed by atoms with Crippen molar-refractivity contribution in [3.63, 3.8) is 0 Å². The van der Waals surface area contributed by atoms with E-state index >= 15 is 0 Å². The van der Waals surface area contributed by atoms with E-state index in [9.17, 15) is 19.5 Å². The largest absolute Gasteiger partial charge is 0.480 e. The number of aliphatic carboxylic acids is 1. The summed E-state index contributed by atoms with van der Waals surface area (Å²) >= 11 is 0. The maximum Gasteiger partial charge on any atom is 0.326 e. The maximum absolute atomic E-state index is 14.1. The monoisotopic (exact) mass is 551 g/mol. The van der Waals surface area contributed by atoms with E-state index in [0.717, 1.165) is 16.7 Å². The normalized spacial score (nSPS) is 24.7. The fraction of sp³-hybridized carbons (Fsp3) is 0.382.